The molecule has 1 saturated heterocycles. The molecule has 1 aromatic carbocycles. The molecule has 0 spiro atoms. The smallest absolute Gasteiger partial charge is 0.230 e. The predicted molar refractivity (Wildman–Crippen MR) is 67.6 cm³/mol. The van der Waals surface area contributed by atoms with Gasteiger partial charge in [0.2, 0.25) is 11.8 Å². The molecule has 2 aliphatic rings. The summed E-state index contributed by atoms with van der Waals surface area (Å²) in [6.45, 7) is 0. The van der Waals surface area contributed by atoms with Gasteiger partial charge in [-0.05, 0) is 36.7 Å². The average molecular weight is 243 g/mol. The maximum Gasteiger partial charge on any atom is 0.230 e. The van der Waals surface area contributed by atoms with Crippen LogP contribution in [-0.4, -0.2) is 11.8 Å². The van der Waals surface area contributed by atoms with Crippen molar-refractivity contribution in [1.82, 2.24) is 5.32 Å². The molecule has 0 bridgehead atoms. The zero-order valence-electron chi connectivity index (χ0n) is 10.3. The van der Waals surface area contributed by atoms with Gasteiger partial charge in [0.05, 0.1) is 0 Å². The molecule has 2 fully saturated rings. The molecule has 1 N–H and O–H groups in total. The lowest BCUT2D eigenvalue weighted by Gasteiger charge is -2.30. The van der Waals surface area contributed by atoms with Crippen molar-refractivity contribution in [2.45, 2.75) is 25.7 Å². The Morgan fingerprint density at radius 3 is 2.50 bits per heavy atom. The lowest BCUT2D eigenvalue weighted by Crippen LogP contribution is -2.47. The Morgan fingerprint density at radius 2 is 1.83 bits per heavy atom. The fourth-order valence-electron chi connectivity index (χ4n) is 2.96. The maximum atomic E-state index is 12.0. The third-order valence-corrected chi connectivity index (χ3v) is 4.06. The number of imide groups is 1. The van der Waals surface area contributed by atoms with Crippen LogP contribution in [0.1, 0.15) is 24.8 Å². The number of carbonyl (C=O) groups is 2. The minimum absolute atomic E-state index is 0.0300. The number of amides is 2. The van der Waals surface area contributed by atoms with Crippen LogP contribution in [0.25, 0.3) is 0 Å². The molecule has 2 unspecified atom stereocenters. The van der Waals surface area contributed by atoms with Gasteiger partial charge in [-0.2, -0.15) is 0 Å². The van der Waals surface area contributed by atoms with E-state index in [0.717, 1.165) is 6.42 Å². The minimum atomic E-state index is -0.0961. The van der Waals surface area contributed by atoms with Crippen molar-refractivity contribution in [3.8, 4) is 0 Å². The number of hydrogen-bond acceptors (Lipinski definition) is 2. The van der Waals surface area contributed by atoms with E-state index in [4.69, 9.17) is 0 Å². The quantitative estimate of drug-likeness (QED) is 0.824. The molecule has 0 radical (unpaired) electrons. The second-order valence-corrected chi connectivity index (χ2v) is 5.41. The lowest BCUT2D eigenvalue weighted by atomic mass is 9.78. The number of hydrogen-bond donors (Lipinski definition) is 1. The molecular formula is C15H17NO2. The van der Waals surface area contributed by atoms with E-state index in [1.165, 1.54) is 18.4 Å². The van der Waals surface area contributed by atoms with E-state index >= 15 is 0 Å². The van der Waals surface area contributed by atoms with Crippen molar-refractivity contribution in [1.29, 1.82) is 0 Å². The molecule has 2 atom stereocenters. The first kappa shape index (κ1) is 11.5. The second-order valence-electron chi connectivity index (χ2n) is 5.41. The lowest BCUT2D eigenvalue weighted by molar-refractivity contribution is -0.139. The molecule has 3 nitrogen and oxygen atoms in total. The topological polar surface area (TPSA) is 46.2 Å². The van der Waals surface area contributed by atoms with Gasteiger partial charge in [0.1, 0.15) is 0 Å². The third kappa shape index (κ3) is 2.30. The average Bonchev–Trinajstić information content (AvgIpc) is 3.18. The van der Waals surface area contributed by atoms with Gasteiger partial charge in [-0.15, -0.1) is 0 Å². The first-order chi connectivity index (χ1) is 8.74. The highest BCUT2D eigenvalue weighted by Gasteiger charge is 2.43. The first-order valence-electron chi connectivity index (χ1n) is 6.61. The monoisotopic (exact) mass is 243 g/mol. The SMILES string of the molecule is O=C1CC(C2CC2)C(Cc2ccccc2)C(=O)N1. The predicted octanol–water partition coefficient (Wildman–Crippen LogP) is 1.92. The van der Waals surface area contributed by atoms with Crippen molar-refractivity contribution in [2.75, 3.05) is 0 Å². The van der Waals surface area contributed by atoms with Gasteiger partial charge in [-0.25, -0.2) is 0 Å². The summed E-state index contributed by atoms with van der Waals surface area (Å²) in [6.07, 6.45) is 3.63. The summed E-state index contributed by atoms with van der Waals surface area (Å²) in [4.78, 5) is 23.5. The van der Waals surface area contributed by atoms with Crippen molar-refractivity contribution in [3.63, 3.8) is 0 Å². The number of rotatable bonds is 3. The Morgan fingerprint density at radius 1 is 1.11 bits per heavy atom. The Labute approximate surface area is 107 Å². The molecule has 1 heterocycles. The van der Waals surface area contributed by atoms with Gasteiger partial charge in [-0.1, -0.05) is 30.3 Å². The van der Waals surface area contributed by atoms with E-state index < -0.39 is 0 Å². The third-order valence-electron chi connectivity index (χ3n) is 4.06. The van der Waals surface area contributed by atoms with Crippen LogP contribution in [0.15, 0.2) is 30.3 Å². The molecule has 1 aliphatic carbocycles. The minimum Gasteiger partial charge on any atom is -0.296 e. The van der Waals surface area contributed by atoms with Crippen molar-refractivity contribution >= 4 is 11.8 Å². The van der Waals surface area contributed by atoms with Gasteiger partial charge in [0.15, 0.2) is 0 Å². The summed E-state index contributed by atoms with van der Waals surface area (Å²) in [6, 6.07) is 10.1. The summed E-state index contributed by atoms with van der Waals surface area (Å²) >= 11 is 0. The van der Waals surface area contributed by atoms with Crippen LogP contribution in [0.4, 0.5) is 0 Å². The largest absolute Gasteiger partial charge is 0.296 e. The molecule has 3 rings (SSSR count). The number of piperidine rings is 1. The Bertz CT molecular complexity index is 465. The Kier molecular flexibility index (Phi) is 2.90. The highest BCUT2D eigenvalue weighted by atomic mass is 16.2. The highest BCUT2D eigenvalue weighted by molar-refractivity contribution is 5.99. The van der Waals surface area contributed by atoms with E-state index in [-0.39, 0.29) is 23.7 Å². The van der Waals surface area contributed by atoms with Crippen LogP contribution in [0, 0.1) is 17.8 Å². The molecular weight excluding hydrogens is 226 g/mol. The number of carbonyl (C=O) groups excluding carboxylic acids is 2. The maximum absolute atomic E-state index is 12.0. The summed E-state index contributed by atoms with van der Waals surface area (Å²) in [5.74, 6) is 0.644. The van der Waals surface area contributed by atoms with Crippen molar-refractivity contribution in [3.05, 3.63) is 35.9 Å². The summed E-state index contributed by atoms with van der Waals surface area (Å²) in [7, 11) is 0. The summed E-state index contributed by atoms with van der Waals surface area (Å²) in [5.41, 5.74) is 1.18. The highest BCUT2D eigenvalue weighted by Crippen LogP contribution is 2.44. The van der Waals surface area contributed by atoms with Crippen LogP contribution < -0.4 is 5.32 Å². The zero-order chi connectivity index (χ0) is 12.5. The number of nitrogens with one attached hydrogen (secondary N) is 1. The molecule has 18 heavy (non-hydrogen) atoms. The van der Waals surface area contributed by atoms with Gasteiger partial charge >= 0.3 is 0 Å². The molecule has 2 amide bonds. The van der Waals surface area contributed by atoms with Crippen molar-refractivity contribution in [2.24, 2.45) is 17.8 Å². The van der Waals surface area contributed by atoms with Crippen LogP contribution in [0.3, 0.4) is 0 Å². The summed E-state index contributed by atoms with van der Waals surface area (Å²) < 4.78 is 0. The van der Waals surface area contributed by atoms with Crippen LogP contribution in [0.5, 0.6) is 0 Å². The van der Waals surface area contributed by atoms with E-state index in [1.54, 1.807) is 0 Å². The van der Waals surface area contributed by atoms with E-state index in [0.29, 0.717) is 12.3 Å². The van der Waals surface area contributed by atoms with Gasteiger partial charge < -0.3 is 0 Å². The van der Waals surface area contributed by atoms with Gasteiger partial charge in [-0.3, -0.25) is 14.9 Å². The van der Waals surface area contributed by atoms with E-state index in [1.807, 2.05) is 30.3 Å². The molecule has 3 heteroatoms. The standard InChI is InChI=1S/C15H17NO2/c17-14-9-12(11-6-7-11)13(15(18)16-14)8-10-4-2-1-3-5-10/h1-5,11-13H,6-9H2,(H,16,17,18). The van der Waals surface area contributed by atoms with Crippen LogP contribution in [0.2, 0.25) is 0 Å². The summed E-state index contributed by atoms with van der Waals surface area (Å²) in [5, 5.41) is 2.48. The van der Waals surface area contributed by atoms with Crippen molar-refractivity contribution < 1.29 is 9.59 Å². The Hall–Kier alpha value is -1.64. The van der Waals surface area contributed by atoms with Gasteiger partial charge in [0, 0.05) is 12.3 Å². The fraction of sp³-hybridized carbons (Fsp3) is 0.467. The van der Waals surface area contributed by atoms with Gasteiger partial charge in [0.25, 0.3) is 0 Å². The fourth-order valence-corrected chi connectivity index (χ4v) is 2.96. The first-order valence-corrected chi connectivity index (χ1v) is 6.61. The number of benzene rings is 1. The second kappa shape index (κ2) is 4.56. The van der Waals surface area contributed by atoms with E-state index in [2.05, 4.69) is 5.32 Å². The van der Waals surface area contributed by atoms with Crippen LogP contribution >= 0.6 is 0 Å². The van der Waals surface area contributed by atoms with E-state index in [9.17, 15) is 9.59 Å². The molecule has 1 aromatic rings. The van der Waals surface area contributed by atoms with Crippen LogP contribution in [-0.2, 0) is 16.0 Å². The Balaban J connectivity index is 1.79. The molecule has 0 aromatic heterocycles. The molecule has 1 aliphatic heterocycles. The normalized spacial score (nSPS) is 28.0. The zero-order valence-corrected chi connectivity index (χ0v) is 10.3. The molecule has 94 valence electrons. The molecule has 1 saturated carbocycles.